The Hall–Kier alpha value is -2.11. The summed E-state index contributed by atoms with van der Waals surface area (Å²) < 4.78 is 9.92. The molecule has 0 spiro atoms. The number of non-ortho nitro benzene ring substituents is 1. The lowest BCUT2D eigenvalue weighted by Gasteiger charge is -2.05. The standard InChI is InChI=1S/C11H13NO5/c1-2-16-11(13)6-7-17-10-5-3-4-9(8-10)12(14)15/h3-5,8H,2,6-7H2,1H3. The molecule has 0 amide bonds. The Kier molecular flexibility index (Phi) is 4.93. The fourth-order valence-corrected chi connectivity index (χ4v) is 1.17. The predicted octanol–water partition coefficient (Wildman–Crippen LogP) is 1.93. The van der Waals surface area contributed by atoms with Crippen LogP contribution in [-0.2, 0) is 9.53 Å². The van der Waals surface area contributed by atoms with Crippen molar-refractivity contribution in [3.05, 3.63) is 34.4 Å². The van der Waals surface area contributed by atoms with Crippen LogP contribution in [0.15, 0.2) is 24.3 Å². The number of nitro benzene ring substituents is 1. The highest BCUT2D eigenvalue weighted by molar-refractivity contribution is 5.69. The van der Waals surface area contributed by atoms with Crippen molar-refractivity contribution in [2.24, 2.45) is 0 Å². The lowest BCUT2D eigenvalue weighted by atomic mass is 10.3. The highest BCUT2D eigenvalue weighted by Crippen LogP contribution is 2.19. The van der Waals surface area contributed by atoms with E-state index in [9.17, 15) is 14.9 Å². The lowest BCUT2D eigenvalue weighted by molar-refractivity contribution is -0.384. The highest BCUT2D eigenvalue weighted by atomic mass is 16.6. The zero-order valence-electron chi connectivity index (χ0n) is 9.42. The Balaban J connectivity index is 2.44. The Morgan fingerprint density at radius 2 is 2.24 bits per heavy atom. The molecule has 0 saturated heterocycles. The number of hydrogen-bond acceptors (Lipinski definition) is 5. The Morgan fingerprint density at radius 3 is 2.88 bits per heavy atom. The molecule has 6 nitrogen and oxygen atoms in total. The van der Waals surface area contributed by atoms with Gasteiger partial charge in [-0.3, -0.25) is 14.9 Å². The quantitative estimate of drug-likeness (QED) is 0.430. The molecule has 1 aromatic rings. The van der Waals surface area contributed by atoms with Gasteiger partial charge in [-0.15, -0.1) is 0 Å². The van der Waals surface area contributed by atoms with E-state index in [1.165, 1.54) is 18.2 Å². The maximum atomic E-state index is 11.0. The van der Waals surface area contributed by atoms with Crippen LogP contribution in [0.5, 0.6) is 5.75 Å². The second-order valence-corrected chi connectivity index (χ2v) is 3.16. The van der Waals surface area contributed by atoms with E-state index in [0.29, 0.717) is 12.4 Å². The van der Waals surface area contributed by atoms with Crippen LogP contribution in [-0.4, -0.2) is 24.1 Å². The third-order valence-corrected chi connectivity index (χ3v) is 1.91. The van der Waals surface area contributed by atoms with E-state index < -0.39 is 4.92 Å². The van der Waals surface area contributed by atoms with E-state index >= 15 is 0 Å². The van der Waals surface area contributed by atoms with Gasteiger partial charge in [0.15, 0.2) is 0 Å². The average Bonchev–Trinajstić information content (AvgIpc) is 2.30. The molecule has 0 saturated carbocycles. The normalized spacial score (nSPS) is 9.71. The van der Waals surface area contributed by atoms with Crippen LogP contribution in [0.25, 0.3) is 0 Å². The molecule has 92 valence electrons. The van der Waals surface area contributed by atoms with Gasteiger partial charge in [0, 0.05) is 6.07 Å². The molecule has 0 fully saturated rings. The summed E-state index contributed by atoms with van der Waals surface area (Å²) >= 11 is 0. The summed E-state index contributed by atoms with van der Waals surface area (Å²) in [6.45, 7) is 2.19. The van der Waals surface area contributed by atoms with Gasteiger partial charge in [0.25, 0.3) is 5.69 Å². The fraction of sp³-hybridized carbons (Fsp3) is 0.364. The molecule has 1 rings (SSSR count). The van der Waals surface area contributed by atoms with Gasteiger partial charge in [0.1, 0.15) is 5.75 Å². The van der Waals surface area contributed by atoms with Gasteiger partial charge in [0.2, 0.25) is 0 Å². The van der Waals surface area contributed by atoms with E-state index in [1.807, 2.05) is 0 Å². The zero-order chi connectivity index (χ0) is 12.7. The maximum absolute atomic E-state index is 11.0. The van der Waals surface area contributed by atoms with Crippen molar-refractivity contribution in [1.29, 1.82) is 0 Å². The summed E-state index contributed by atoms with van der Waals surface area (Å²) in [7, 11) is 0. The summed E-state index contributed by atoms with van der Waals surface area (Å²) in [6.07, 6.45) is 0.122. The third-order valence-electron chi connectivity index (χ3n) is 1.91. The number of rotatable bonds is 6. The molecule has 1 aromatic carbocycles. The monoisotopic (exact) mass is 239 g/mol. The number of esters is 1. The van der Waals surface area contributed by atoms with Crippen molar-refractivity contribution in [2.75, 3.05) is 13.2 Å². The van der Waals surface area contributed by atoms with E-state index in [0.717, 1.165) is 0 Å². The second kappa shape index (κ2) is 6.47. The molecule has 0 aromatic heterocycles. The number of carbonyl (C=O) groups excluding carboxylic acids is 1. The van der Waals surface area contributed by atoms with E-state index in [1.54, 1.807) is 13.0 Å². The molecule has 0 bridgehead atoms. The van der Waals surface area contributed by atoms with Crippen molar-refractivity contribution in [2.45, 2.75) is 13.3 Å². The Labute approximate surface area is 98.3 Å². The van der Waals surface area contributed by atoms with Crippen molar-refractivity contribution >= 4 is 11.7 Å². The number of nitrogens with zero attached hydrogens (tertiary/aromatic N) is 1. The van der Waals surface area contributed by atoms with Crippen LogP contribution >= 0.6 is 0 Å². The fourth-order valence-electron chi connectivity index (χ4n) is 1.17. The van der Waals surface area contributed by atoms with E-state index in [4.69, 9.17) is 9.47 Å². The van der Waals surface area contributed by atoms with Crippen molar-refractivity contribution < 1.29 is 19.2 Å². The first-order chi connectivity index (χ1) is 8.13. The smallest absolute Gasteiger partial charge is 0.309 e. The number of ether oxygens (including phenoxy) is 2. The molecule has 0 N–H and O–H groups in total. The van der Waals surface area contributed by atoms with Crippen molar-refractivity contribution in [3.63, 3.8) is 0 Å². The first-order valence-electron chi connectivity index (χ1n) is 5.16. The molecule has 0 unspecified atom stereocenters. The maximum Gasteiger partial charge on any atom is 0.309 e. The van der Waals surface area contributed by atoms with Crippen LogP contribution < -0.4 is 4.74 Å². The lowest BCUT2D eigenvalue weighted by Crippen LogP contribution is -2.09. The van der Waals surface area contributed by atoms with Crippen molar-refractivity contribution in [1.82, 2.24) is 0 Å². The summed E-state index contributed by atoms with van der Waals surface area (Å²) in [6, 6.07) is 5.80. The topological polar surface area (TPSA) is 78.7 Å². The van der Waals surface area contributed by atoms with Crippen LogP contribution in [0, 0.1) is 10.1 Å². The minimum absolute atomic E-state index is 0.0429. The van der Waals surface area contributed by atoms with Gasteiger partial charge in [-0.05, 0) is 13.0 Å². The number of hydrogen-bond donors (Lipinski definition) is 0. The Bertz CT molecular complexity index is 405. The number of benzene rings is 1. The second-order valence-electron chi connectivity index (χ2n) is 3.16. The minimum atomic E-state index is -0.502. The minimum Gasteiger partial charge on any atom is -0.493 e. The van der Waals surface area contributed by atoms with Gasteiger partial charge in [-0.25, -0.2) is 0 Å². The molecule has 0 heterocycles. The molecule has 0 aliphatic rings. The van der Waals surface area contributed by atoms with Crippen molar-refractivity contribution in [3.8, 4) is 5.75 Å². The number of nitro groups is 1. The summed E-state index contributed by atoms with van der Waals surface area (Å²) in [5, 5.41) is 10.5. The van der Waals surface area contributed by atoms with Crippen LogP contribution in [0.1, 0.15) is 13.3 Å². The highest BCUT2D eigenvalue weighted by Gasteiger charge is 2.07. The molecular formula is C11H13NO5. The van der Waals surface area contributed by atoms with E-state index in [-0.39, 0.29) is 24.7 Å². The van der Waals surface area contributed by atoms with Gasteiger partial charge in [-0.1, -0.05) is 6.07 Å². The van der Waals surface area contributed by atoms with Gasteiger partial charge < -0.3 is 9.47 Å². The summed E-state index contributed by atoms with van der Waals surface area (Å²) in [4.78, 5) is 21.0. The first-order valence-corrected chi connectivity index (χ1v) is 5.16. The third kappa shape index (κ3) is 4.50. The SMILES string of the molecule is CCOC(=O)CCOc1cccc([N+](=O)[O-])c1. The number of carbonyl (C=O) groups is 1. The molecule has 0 radical (unpaired) electrons. The van der Waals surface area contributed by atoms with Crippen LogP contribution in [0.4, 0.5) is 5.69 Å². The summed E-state index contributed by atoms with van der Waals surface area (Å²) in [5.41, 5.74) is -0.0429. The largest absolute Gasteiger partial charge is 0.493 e. The Morgan fingerprint density at radius 1 is 1.47 bits per heavy atom. The average molecular weight is 239 g/mol. The molecule has 0 aliphatic carbocycles. The van der Waals surface area contributed by atoms with Gasteiger partial charge >= 0.3 is 5.97 Å². The molecular weight excluding hydrogens is 226 g/mol. The molecule has 0 atom stereocenters. The molecule has 0 aliphatic heterocycles. The molecule has 17 heavy (non-hydrogen) atoms. The van der Waals surface area contributed by atoms with E-state index in [2.05, 4.69) is 0 Å². The summed E-state index contributed by atoms with van der Waals surface area (Å²) in [5.74, 6) is 0.0152. The molecule has 6 heteroatoms. The van der Waals surface area contributed by atoms with Gasteiger partial charge in [0.05, 0.1) is 30.6 Å². The van der Waals surface area contributed by atoms with Crippen LogP contribution in [0.3, 0.4) is 0 Å². The predicted molar refractivity (Wildman–Crippen MR) is 59.8 cm³/mol. The zero-order valence-corrected chi connectivity index (χ0v) is 9.42. The first kappa shape index (κ1) is 13.0. The van der Waals surface area contributed by atoms with Gasteiger partial charge in [-0.2, -0.15) is 0 Å². The van der Waals surface area contributed by atoms with Crippen LogP contribution in [0.2, 0.25) is 0 Å².